The number of nitrogens with zero attached hydrogens (tertiary/aromatic N) is 3. The minimum absolute atomic E-state index is 0.138. The van der Waals surface area contributed by atoms with E-state index in [2.05, 4.69) is 10.4 Å². The van der Waals surface area contributed by atoms with Crippen molar-refractivity contribution in [2.45, 2.75) is 25.6 Å². The minimum atomic E-state index is -1.29. The lowest BCUT2D eigenvalue weighted by Gasteiger charge is -2.43. The Bertz CT molecular complexity index is 1380. The van der Waals surface area contributed by atoms with E-state index in [1.165, 1.54) is 12.0 Å². The fourth-order valence-corrected chi connectivity index (χ4v) is 4.42. The van der Waals surface area contributed by atoms with E-state index in [0.717, 1.165) is 5.56 Å². The van der Waals surface area contributed by atoms with Gasteiger partial charge in [-0.2, -0.15) is 5.10 Å². The van der Waals surface area contributed by atoms with Crippen molar-refractivity contribution >= 4 is 29.1 Å². The molecule has 3 heterocycles. The number of hydrogen-bond donors (Lipinski definition) is 1. The highest BCUT2D eigenvalue weighted by Gasteiger charge is 2.49. The average molecular weight is 491 g/mol. The molecule has 1 aliphatic heterocycles. The highest BCUT2D eigenvalue weighted by Crippen LogP contribution is 2.38. The van der Waals surface area contributed by atoms with E-state index < -0.39 is 5.54 Å². The van der Waals surface area contributed by atoms with Crippen LogP contribution in [-0.2, 0) is 17.9 Å². The number of benzene rings is 2. The average Bonchev–Trinajstić information content (AvgIpc) is 3.54. The summed E-state index contributed by atoms with van der Waals surface area (Å²) in [5.74, 6) is 0.330. The molecular weight excluding hydrogens is 468 g/mol. The Hall–Kier alpha value is -4.04. The number of hydrogen-bond acceptors (Lipinski definition) is 5. The smallest absolute Gasteiger partial charge is 0.277 e. The Morgan fingerprint density at radius 3 is 2.66 bits per heavy atom. The van der Waals surface area contributed by atoms with Crippen LogP contribution in [0.4, 0.5) is 5.69 Å². The van der Waals surface area contributed by atoms with Gasteiger partial charge in [0.2, 0.25) is 5.91 Å². The van der Waals surface area contributed by atoms with Crippen LogP contribution in [0.25, 0.3) is 11.5 Å². The largest absolute Gasteiger partial charge is 0.495 e. The maximum atomic E-state index is 13.9. The Morgan fingerprint density at radius 1 is 1.17 bits per heavy atom. The summed E-state index contributed by atoms with van der Waals surface area (Å²) in [6.45, 7) is 2.15. The van der Waals surface area contributed by atoms with E-state index in [1.807, 2.05) is 18.2 Å². The van der Waals surface area contributed by atoms with E-state index >= 15 is 0 Å². The number of carbonyl (C=O) groups excluding carboxylic acids is 2. The van der Waals surface area contributed by atoms with E-state index in [9.17, 15) is 9.59 Å². The fourth-order valence-electron chi connectivity index (χ4n) is 4.29. The molecule has 2 aromatic heterocycles. The molecule has 5 rings (SSSR count). The maximum absolute atomic E-state index is 13.9. The molecule has 0 fully saturated rings. The van der Waals surface area contributed by atoms with Crippen LogP contribution in [0.1, 0.15) is 23.0 Å². The number of ether oxygens (including phenoxy) is 1. The summed E-state index contributed by atoms with van der Waals surface area (Å²) in [7, 11) is 1.53. The van der Waals surface area contributed by atoms with E-state index in [0.29, 0.717) is 33.6 Å². The topological polar surface area (TPSA) is 89.6 Å². The van der Waals surface area contributed by atoms with Gasteiger partial charge in [0, 0.05) is 17.6 Å². The normalized spacial score (nSPS) is 17.2. The van der Waals surface area contributed by atoms with Crippen LogP contribution in [0.2, 0.25) is 5.02 Å². The third kappa shape index (κ3) is 4.06. The molecule has 0 bridgehead atoms. The predicted octanol–water partition coefficient (Wildman–Crippen LogP) is 4.54. The number of fused-ring (bicyclic) bond motifs is 1. The highest BCUT2D eigenvalue weighted by molar-refractivity contribution is 6.30. The molecule has 0 radical (unpaired) electrons. The first-order chi connectivity index (χ1) is 16.9. The summed E-state index contributed by atoms with van der Waals surface area (Å²) in [6.07, 6.45) is 1.55. The van der Waals surface area contributed by atoms with Gasteiger partial charge in [0.25, 0.3) is 5.91 Å². The summed E-state index contributed by atoms with van der Waals surface area (Å²) in [5.41, 5.74) is 0.959. The molecule has 0 saturated carbocycles. The van der Waals surface area contributed by atoms with Gasteiger partial charge in [0.05, 0.1) is 25.6 Å². The van der Waals surface area contributed by atoms with Gasteiger partial charge < -0.3 is 14.5 Å². The predicted molar refractivity (Wildman–Crippen MR) is 131 cm³/mol. The second-order valence-corrected chi connectivity index (χ2v) is 8.88. The Labute approximate surface area is 207 Å². The molecular formula is C26H23ClN4O4. The zero-order valence-electron chi connectivity index (χ0n) is 19.2. The number of rotatable bonds is 6. The first-order valence-electron chi connectivity index (χ1n) is 11.0. The van der Waals surface area contributed by atoms with Crippen molar-refractivity contribution in [3.63, 3.8) is 0 Å². The van der Waals surface area contributed by atoms with Crippen molar-refractivity contribution in [3.8, 4) is 17.2 Å². The third-order valence-corrected chi connectivity index (χ3v) is 6.36. The Kier molecular flexibility index (Phi) is 5.82. The lowest BCUT2D eigenvalue weighted by Crippen LogP contribution is -2.64. The van der Waals surface area contributed by atoms with Crippen LogP contribution < -0.4 is 15.0 Å². The van der Waals surface area contributed by atoms with Crippen molar-refractivity contribution in [2.24, 2.45) is 0 Å². The van der Waals surface area contributed by atoms with Crippen LogP contribution in [0.15, 0.2) is 77.4 Å². The molecule has 9 heteroatoms. The van der Waals surface area contributed by atoms with Gasteiger partial charge in [-0.1, -0.05) is 35.9 Å². The number of carbonyl (C=O) groups is 2. The molecule has 178 valence electrons. The minimum Gasteiger partial charge on any atom is -0.495 e. The molecule has 0 spiro atoms. The quantitative estimate of drug-likeness (QED) is 0.428. The molecule has 8 nitrogen and oxygen atoms in total. The summed E-state index contributed by atoms with van der Waals surface area (Å²) in [6, 6.07) is 19.6. The molecule has 1 N–H and O–H groups in total. The lowest BCUT2D eigenvalue weighted by molar-refractivity contribution is -0.126. The highest BCUT2D eigenvalue weighted by atomic mass is 35.5. The van der Waals surface area contributed by atoms with Gasteiger partial charge in [0.15, 0.2) is 5.76 Å². The molecule has 0 saturated heterocycles. The molecule has 1 unspecified atom stereocenters. The molecule has 2 amide bonds. The van der Waals surface area contributed by atoms with Gasteiger partial charge in [-0.15, -0.1) is 0 Å². The zero-order valence-corrected chi connectivity index (χ0v) is 20.0. The summed E-state index contributed by atoms with van der Waals surface area (Å²) >= 11 is 5.98. The van der Waals surface area contributed by atoms with E-state index in [4.69, 9.17) is 20.8 Å². The number of nitrogens with one attached hydrogen (secondary N) is 1. The number of amides is 2. The van der Waals surface area contributed by atoms with Crippen molar-refractivity contribution in [3.05, 3.63) is 89.3 Å². The van der Waals surface area contributed by atoms with Crippen LogP contribution in [0.5, 0.6) is 5.75 Å². The van der Waals surface area contributed by atoms with Crippen LogP contribution in [0, 0.1) is 0 Å². The number of halogens is 1. The van der Waals surface area contributed by atoms with Gasteiger partial charge in [0.1, 0.15) is 22.7 Å². The second kappa shape index (κ2) is 8.96. The maximum Gasteiger partial charge on any atom is 0.277 e. The van der Waals surface area contributed by atoms with Crippen LogP contribution in [-0.4, -0.2) is 34.2 Å². The third-order valence-electron chi connectivity index (χ3n) is 6.11. The van der Waals surface area contributed by atoms with Crippen LogP contribution in [0.3, 0.4) is 0 Å². The Morgan fingerprint density at radius 2 is 1.94 bits per heavy atom. The number of aromatic nitrogens is 2. The summed E-state index contributed by atoms with van der Waals surface area (Å²) in [5, 5.41) is 8.16. The van der Waals surface area contributed by atoms with Gasteiger partial charge in [-0.05, 0) is 48.9 Å². The first kappa shape index (κ1) is 22.7. The summed E-state index contributed by atoms with van der Waals surface area (Å²) < 4.78 is 12.6. The zero-order chi connectivity index (χ0) is 24.6. The fraction of sp³-hybridized carbons (Fsp3) is 0.192. The van der Waals surface area contributed by atoms with Gasteiger partial charge >= 0.3 is 0 Å². The summed E-state index contributed by atoms with van der Waals surface area (Å²) in [4.78, 5) is 29.1. The molecule has 1 aliphatic rings. The monoisotopic (exact) mass is 490 g/mol. The number of furan rings is 1. The number of para-hydroxylation sites is 2. The number of anilines is 1. The van der Waals surface area contributed by atoms with Crippen LogP contribution >= 0.6 is 11.6 Å². The van der Waals surface area contributed by atoms with E-state index in [-0.39, 0.29) is 24.9 Å². The van der Waals surface area contributed by atoms with Crippen molar-refractivity contribution < 1.29 is 18.7 Å². The van der Waals surface area contributed by atoms with Gasteiger partial charge in [-0.25, -0.2) is 0 Å². The lowest BCUT2D eigenvalue weighted by atomic mass is 9.93. The van der Waals surface area contributed by atoms with E-state index in [1.54, 1.807) is 66.4 Å². The Balaban J connectivity index is 1.55. The molecule has 2 aromatic carbocycles. The molecule has 1 atom stereocenters. The SMILES string of the molecule is COc1ccccc1N1C(=O)c2cc(-c3ccco3)nn2CC1(C)C(=O)NCc1ccc(Cl)cc1. The molecule has 4 aromatic rings. The second-order valence-electron chi connectivity index (χ2n) is 8.45. The first-order valence-corrected chi connectivity index (χ1v) is 11.4. The van der Waals surface area contributed by atoms with Crippen molar-refractivity contribution in [2.75, 3.05) is 12.0 Å². The molecule has 35 heavy (non-hydrogen) atoms. The van der Waals surface area contributed by atoms with Gasteiger partial charge in [-0.3, -0.25) is 19.2 Å². The van der Waals surface area contributed by atoms with Crippen molar-refractivity contribution in [1.29, 1.82) is 0 Å². The van der Waals surface area contributed by atoms with Crippen molar-refractivity contribution in [1.82, 2.24) is 15.1 Å². The standard InChI is InChI=1S/C26H23ClN4O4/c1-26(25(33)28-15-17-9-11-18(27)12-10-17)16-30-21(14-19(29-30)22-8-5-13-35-22)24(32)31(26)20-6-3-4-7-23(20)34-2/h3-14H,15-16H2,1-2H3,(H,28,33). The molecule has 0 aliphatic carbocycles. The number of methoxy groups -OCH3 is 1.